The van der Waals surface area contributed by atoms with Crippen molar-refractivity contribution in [1.82, 2.24) is 15.6 Å². The van der Waals surface area contributed by atoms with Gasteiger partial charge in [-0.25, -0.2) is 4.98 Å². The Balaban J connectivity index is 0.747. The van der Waals surface area contributed by atoms with Gasteiger partial charge in [0.1, 0.15) is 6.61 Å². The Morgan fingerprint density at radius 1 is 0.719 bits per heavy atom. The minimum atomic E-state index is -0.0381. The largest absolute Gasteiger partial charge is 0.473 e. The highest BCUT2D eigenvalue weighted by Gasteiger charge is 2.60. The molecular weight excluding hydrogens is 799 g/mol. The van der Waals surface area contributed by atoms with Gasteiger partial charge < -0.3 is 34.3 Å². The number of hydrogen-bond donors (Lipinski definition) is 2. The molecule has 0 radical (unpaired) electrons. The van der Waals surface area contributed by atoms with Gasteiger partial charge in [0.15, 0.2) is 0 Å². The first-order chi connectivity index (χ1) is 31.4. The minimum absolute atomic E-state index is 0.00526. The fraction of sp³-hybridized carbons (Fsp3) is 0.673. The molecule has 2 aromatic carbocycles. The lowest BCUT2D eigenvalue weighted by atomic mass is 9.52. The summed E-state index contributed by atoms with van der Waals surface area (Å²) >= 11 is 0. The monoisotopic (exact) mass is 868 g/mol. The van der Waals surface area contributed by atoms with Crippen LogP contribution in [-0.4, -0.2) is 72.8 Å². The number of fused-ring (bicyclic) bond motifs is 6. The van der Waals surface area contributed by atoms with Crippen molar-refractivity contribution in [2.75, 3.05) is 19.8 Å². The topological polar surface area (TPSA) is 100 Å². The number of carbonyl (C=O) groups is 1. The van der Waals surface area contributed by atoms with Crippen molar-refractivity contribution >= 4 is 5.91 Å². The number of hydrogen-bond acceptors (Lipinski definition) is 8. The van der Waals surface area contributed by atoms with Gasteiger partial charge in [0, 0.05) is 48.2 Å². The van der Waals surface area contributed by atoms with Crippen molar-refractivity contribution in [3.05, 3.63) is 83.6 Å². The Morgan fingerprint density at radius 2 is 1.47 bits per heavy atom. The van der Waals surface area contributed by atoms with Crippen molar-refractivity contribution in [2.24, 2.45) is 59.2 Å². The lowest BCUT2D eigenvalue weighted by molar-refractivity contribution is -0.256. The number of nitrogens with one attached hydrogen (secondary N) is 2. The third-order valence-corrected chi connectivity index (χ3v) is 19.1. The summed E-state index contributed by atoms with van der Waals surface area (Å²) in [5, 5.41) is 7.89. The predicted molar refractivity (Wildman–Crippen MR) is 243 cm³/mol. The van der Waals surface area contributed by atoms with E-state index in [4.69, 9.17) is 28.7 Å². The van der Waals surface area contributed by atoms with E-state index in [9.17, 15) is 0 Å². The zero-order valence-electron chi connectivity index (χ0n) is 37.8. The molecule has 14 rings (SSSR count). The third kappa shape index (κ3) is 7.37. The average Bonchev–Trinajstić information content (AvgIpc) is 3.30. The van der Waals surface area contributed by atoms with Crippen LogP contribution in [0.5, 0.6) is 5.88 Å². The SMILES string of the molecule is Cc1c(COc2ccc(C3NCCC4OC5CC6CC7OC8CC9COCCC9OC8CC7CC6C(C(=O)NC67CC8CC(CC(C8)C6)C7)C5CC43)cn2)cccc1-c1ccccc1. The summed E-state index contributed by atoms with van der Waals surface area (Å²) < 4.78 is 33.5. The Hall–Kier alpha value is -3.34. The highest BCUT2D eigenvalue weighted by Crippen LogP contribution is 2.59. The zero-order valence-corrected chi connectivity index (χ0v) is 37.8. The molecular formula is C55H69N3O6. The first-order valence-corrected chi connectivity index (χ1v) is 25.7. The van der Waals surface area contributed by atoms with Crippen LogP contribution < -0.4 is 15.4 Å². The first kappa shape index (κ1) is 40.9. The van der Waals surface area contributed by atoms with Crippen molar-refractivity contribution in [3.8, 4) is 17.0 Å². The number of pyridine rings is 1. The van der Waals surface area contributed by atoms with Gasteiger partial charge in [0.05, 0.1) is 43.2 Å². The van der Waals surface area contributed by atoms with E-state index in [1.807, 2.05) is 12.3 Å². The summed E-state index contributed by atoms with van der Waals surface area (Å²) in [6, 6.07) is 21.4. The maximum absolute atomic E-state index is 15.5. The Labute approximate surface area is 379 Å². The van der Waals surface area contributed by atoms with Crippen LogP contribution in [0, 0.1) is 66.1 Å². The quantitative estimate of drug-likeness (QED) is 0.243. The number of piperidine rings is 1. The molecule has 6 heterocycles. The molecule has 5 saturated heterocycles. The molecule has 14 atom stereocenters. The Morgan fingerprint density at radius 3 is 2.27 bits per heavy atom. The lowest BCUT2D eigenvalue weighted by Gasteiger charge is -2.60. The van der Waals surface area contributed by atoms with E-state index in [1.54, 1.807) is 0 Å². The highest BCUT2D eigenvalue weighted by molar-refractivity contribution is 5.80. The predicted octanol–water partition coefficient (Wildman–Crippen LogP) is 9.16. The van der Waals surface area contributed by atoms with E-state index < -0.39 is 0 Å². The molecule has 1 aromatic heterocycles. The summed E-state index contributed by atoms with van der Waals surface area (Å²) in [7, 11) is 0. The van der Waals surface area contributed by atoms with Crippen molar-refractivity contribution < 1.29 is 28.5 Å². The molecule has 3 aromatic rings. The molecule has 11 fully saturated rings. The molecule has 5 aliphatic heterocycles. The van der Waals surface area contributed by atoms with Crippen LogP contribution in [0.25, 0.3) is 11.1 Å². The molecule has 340 valence electrons. The zero-order chi connectivity index (χ0) is 42.5. The smallest absolute Gasteiger partial charge is 0.224 e. The molecule has 9 nitrogen and oxygen atoms in total. The van der Waals surface area contributed by atoms with Crippen LogP contribution in [0.15, 0.2) is 66.9 Å². The summed E-state index contributed by atoms with van der Waals surface area (Å²) in [6.45, 7) is 5.17. The minimum Gasteiger partial charge on any atom is -0.473 e. The molecule has 6 aliphatic carbocycles. The average molecular weight is 868 g/mol. The molecule has 6 saturated carbocycles. The summed E-state index contributed by atoms with van der Waals surface area (Å²) in [4.78, 5) is 20.4. The van der Waals surface area contributed by atoms with Crippen LogP contribution in [0.1, 0.15) is 113 Å². The summed E-state index contributed by atoms with van der Waals surface area (Å²) in [6.07, 6.45) is 19.2. The molecule has 9 heteroatoms. The second-order valence-electron chi connectivity index (χ2n) is 22.8. The molecule has 2 N–H and O–H groups in total. The second kappa shape index (κ2) is 16.5. The Kier molecular flexibility index (Phi) is 10.5. The first-order valence-electron chi connectivity index (χ1n) is 25.7. The maximum atomic E-state index is 15.5. The van der Waals surface area contributed by atoms with E-state index in [-0.39, 0.29) is 59.9 Å². The number of aromatic nitrogens is 1. The molecule has 4 bridgehead atoms. The van der Waals surface area contributed by atoms with Crippen LogP contribution in [0.4, 0.5) is 0 Å². The van der Waals surface area contributed by atoms with Gasteiger partial charge in [0.2, 0.25) is 11.8 Å². The molecule has 11 aliphatic rings. The highest BCUT2D eigenvalue weighted by atomic mass is 16.6. The van der Waals surface area contributed by atoms with E-state index in [2.05, 4.69) is 72.2 Å². The standard InChI is InChI=1S/C55H69N3O6/c1-31-37(8-5-9-41(31)35-6-3-2-4-7-35)30-61-51-11-10-36(28-57-51)53-44-24-43-48(63-46(44)12-14-56-53)21-38-20-47-39(22-49-50(64-47)23-40-29-60-15-13-45(40)62-49)19-42(38)52(43)54(59)58-55-25-32-16-33(26-55)18-34(17-32)27-55/h2-11,28,32-34,38-40,42-50,52-53,56H,12-27,29-30H2,1H3,(H,58,59). The third-order valence-electron chi connectivity index (χ3n) is 19.1. The van der Waals surface area contributed by atoms with Gasteiger partial charge in [-0.05, 0) is 173 Å². The number of benzene rings is 2. The van der Waals surface area contributed by atoms with Gasteiger partial charge in [-0.15, -0.1) is 0 Å². The van der Waals surface area contributed by atoms with Gasteiger partial charge in [-0.2, -0.15) is 0 Å². The maximum Gasteiger partial charge on any atom is 0.224 e. The van der Waals surface area contributed by atoms with Crippen molar-refractivity contribution in [2.45, 2.75) is 152 Å². The van der Waals surface area contributed by atoms with Gasteiger partial charge >= 0.3 is 0 Å². The number of ether oxygens (including phenoxy) is 5. The molecule has 0 spiro atoms. The number of rotatable bonds is 7. The summed E-state index contributed by atoms with van der Waals surface area (Å²) in [5.74, 6) is 5.49. The van der Waals surface area contributed by atoms with Crippen LogP contribution in [0.2, 0.25) is 0 Å². The van der Waals surface area contributed by atoms with Crippen molar-refractivity contribution in [3.63, 3.8) is 0 Å². The van der Waals surface area contributed by atoms with Crippen molar-refractivity contribution in [1.29, 1.82) is 0 Å². The van der Waals surface area contributed by atoms with E-state index >= 15 is 4.79 Å². The fourth-order valence-corrected chi connectivity index (χ4v) is 16.7. The van der Waals surface area contributed by atoms with E-state index in [0.29, 0.717) is 48.2 Å². The van der Waals surface area contributed by atoms with Gasteiger partial charge in [-0.3, -0.25) is 4.79 Å². The van der Waals surface area contributed by atoms with Crippen LogP contribution >= 0.6 is 0 Å². The molecule has 1 amide bonds. The normalized spacial score (nSPS) is 43.9. The van der Waals surface area contributed by atoms with Gasteiger partial charge in [-0.1, -0.05) is 54.6 Å². The van der Waals surface area contributed by atoms with E-state index in [0.717, 1.165) is 88.9 Å². The van der Waals surface area contributed by atoms with Gasteiger partial charge in [0.25, 0.3) is 0 Å². The molecule has 14 unspecified atom stereocenters. The fourth-order valence-electron chi connectivity index (χ4n) is 16.7. The lowest BCUT2D eigenvalue weighted by Crippen LogP contribution is -2.65. The molecule has 64 heavy (non-hydrogen) atoms. The second-order valence-corrected chi connectivity index (χ2v) is 22.8. The number of nitrogens with zero attached hydrogens (tertiary/aromatic N) is 1. The summed E-state index contributed by atoms with van der Waals surface area (Å²) in [5.41, 5.74) is 6.03. The number of carbonyl (C=O) groups excluding carboxylic acids is 1. The van der Waals surface area contributed by atoms with E-state index in [1.165, 1.54) is 66.3 Å². The Bertz CT molecular complexity index is 2150. The van der Waals surface area contributed by atoms with Crippen LogP contribution in [-0.2, 0) is 30.3 Å². The van der Waals surface area contributed by atoms with Crippen LogP contribution in [0.3, 0.4) is 0 Å². The number of amides is 1.